The van der Waals surface area contributed by atoms with Crippen molar-refractivity contribution in [2.75, 3.05) is 13.1 Å². The van der Waals surface area contributed by atoms with Crippen LogP contribution >= 0.6 is 0 Å². The molecule has 1 atom stereocenters. The lowest BCUT2D eigenvalue weighted by Crippen LogP contribution is -2.46. The molecule has 0 aliphatic carbocycles. The average Bonchev–Trinajstić information content (AvgIpc) is 3.06. The maximum absolute atomic E-state index is 13.0. The molecule has 2 aromatic heterocycles. The maximum Gasteiger partial charge on any atom is 0.334 e. The first-order chi connectivity index (χ1) is 11.2. The molecular formula is C16H25N5O2. The number of imidazole rings is 1. The third kappa shape index (κ3) is 2.73. The fourth-order valence-electron chi connectivity index (χ4n) is 3.58. The van der Waals surface area contributed by atoms with Crippen molar-refractivity contribution in [1.82, 2.24) is 24.0 Å². The zero-order chi connectivity index (χ0) is 16.4. The Morgan fingerprint density at radius 3 is 2.61 bits per heavy atom. The Morgan fingerprint density at radius 1 is 1.22 bits per heavy atom. The van der Waals surface area contributed by atoms with Crippen molar-refractivity contribution in [2.45, 2.75) is 58.7 Å². The van der Waals surface area contributed by atoms with E-state index in [0.717, 1.165) is 38.8 Å². The second-order valence-corrected chi connectivity index (χ2v) is 6.20. The van der Waals surface area contributed by atoms with E-state index in [1.165, 1.54) is 17.3 Å². The van der Waals surface area contributed by atoms with Gasteiger partial charge in [-0.2, -0.15) is 0 Å². The highest BCUT2D eigenvalue weighted by Gasteiger charge is 2.26. The molecule has 0 radical (unpaired) electrons. The van der Waals surface area contributed by atoms with E-state index in [-0.39, 0.29) is 17.4 Å². The summed E-state index contributed by atoms with van der Waals surface area (Å²) in [6, 6.07) is 0. The lowest BCUT2D eigenvalue weighted by atomic mass is 10.1. The molecule has 1 unspecified atom stereocenters. The van der Waals surface area contributed by atoms with E-state index < -0.39 is 0 Å². The summed E-state index contributed by atoms with van der Waals surface area (Å²) >= 11 is 0. The van der Waals surface area contributed by atoms with Gasteiger partial charge in [-0.3, -0.25) is 18.8 Å². The van der Waals surface area contributed by atoms with Gasteiger partial charge in [-0.05, 0) is 25.7 Å². The molecule has 0 bridgehead atoms. The molecule has 1 N–H and O–H groups in total. The topological polar surface area (TPSA) is 75.9 Å². The molecule has 3 rings (SSSR count). The minimum absolute atomic E-state index is 0.0442. The number of nitrogens with one attached hydrogen (secondary N) is 1. The van der Waals surface area contributed by atoms with E-state index in [0.29, 0.717) is 17.7 Å². The van der Waals surface area contributed by atoms with E-state index in [4.69, 9.17) is 0 Å². The summed E-state index contributed by atoms with van der Waals surface area (Å²) in [6.07, 6.45) is 6.57. The van der Waals surface area contributed by atoms with Crippen LogP contribution in [-0.4, -0.2) is 37.1 Å². The monoisotopic (exact) mass is 319 g/mol. The van der Waals surface area contributed by atoms with Crippen LogP contribution in [0.5, 0.6) is 0 Å². The van der Waals surface area contributed by atoms with Crippen LogP contribution in [0.2, 0.25) is 0 Å². The first kappa shape index (κ1) is 16.0. The quantitative estimate of drug-likeness (QED) is 0.910. The van der Waals surface area contributed by atoms with E-state index >= 15 is 0 Å². The summed E-state index contributed by atoms with van der Waals surface area (Å²) in [4.78, 5) is 35.0. The third-order valence-corrected chi connectivity index (χ3v) is 4.67. The zero-order valence-electron chi connectivity index (χ0n) is 13.9. The van der Waals surface area contributed by atoms with Crippen molar-refractivity contribution in [3.05, 3.63) is 27.2 Å². The molecule has 0 spiro atoms. The molecule has 1 saturated heterocycles. The van der Waals surface area contributed by atoms with E-state index in [1.54, 1.807) is 4.57 Å². The minimum atomic E-state index is -0.269. The smallest absolute Gasteiger partial charge is 0.334 e. The van der Waals surface area contributed by atoms with E-state index in [9.17, 15) is 9.59 Å². The van der Waals surface area contributed by atoms with Gasteiger partial charge in [-0.1, -0.05) is 20.3 Å². The van der Waals surface area contributed by atoms with Gasteiger partial charge >= 0.3 is 5.69 Å². The van der Waals surface area contributed by atoms with Crippen LogP contribution in [-0.2, 0) is 6.54 Å². The molecule has 2 aromatic rings. The van der Waals surface area contributed by atoms with Crippen LogP contribution in [0.25, 0.3) is 11.2 Å². The minimum Gasteiger partial charge on any atom is -0.339 e. The van der Waals surface area contributed by atoms with Crippen LogP contribution in [0, 0.1) is 0 Å². The highest BCUT2D eigenvalue weighted by molar-refractivity contribution is 5.69. The van der Waals surface area contributed by atoms with Crippen molar-refractivity contribution in [3.63, 3.8) is 0 Å². The van der Waals surface area contributed by atoms with Crippen LogP contribution in [0.4, 0.5) is 0 Å². The first-order valence-electron chi connectivity index (χ1n) is 8.61. The fourth-order valence-corrected chi connectivity index (χ4v) is 3.58. The van der Waals surface area contributed by atoms with Crippen molar-refractivity contribution < 1.29 is 0 Å². The van der Waals surface area contributed by atoms with Gasteiger partial charge in [-0.25, -0.2) is 9.78 Å². The molecule has 0 aromatic carbocycles. The number of hydrogen-bond donors (Lipinski definition) is 1. The molecule has 23 heavy (non-hydrogen) atoms. The molecule has 0 saturated carbocycles. The first-order valence-corrected chi connectivity index (χ1v) is 8.61. The summed E-state index contributed by atoms with van der Waals surface area (Å²) in [5.41, 5.74) is 0.390. The largest absolute Gasteiger partial charge is 0.339 e. The van der Waals surface area contributed by atoms with Crippen molar-refractivity contribution in [1.29, 1.82) is 0 Å². The summed E-state index contributed by atoms with van der Waals surface area (Å²) in [6.45, 7) is 6.46. The van der Waals surface area contributed by atoms with Gasteiger partial charge in [-0.15, -0.1) is 0 Å². The molecular weight excluding hydrogens is 294 g/mol. The van der Waals surface area contributed by atoms with Crippen molar-refractivity contribution >= 4 is 11.2 Å². The van der Waals surface area contributed by atoms with Crippen LogP contribution < -0.4 is 11.2 Å². The van der Waals surface area contributed by atoms with E-state index in [2.05, 4.69) is 21.8 Å². The number of likely N-dealkylation sites (tertiary alicyclic amines) is 1. The third-order valence-electron chi connectivity index (χ3n) is 4.67. The number of H-pyrrole nitrogens is 1. The molecule has 3 heterocycles. The Kier molecular flexibility index (Phi) is 4.66. The standard InChI is InChI=1S/C16H25N5O2/c1-3-8-20-15(22)13-14(18-11-17-13)21(16(20)23)12(4-2)19-9-6-5-7-10-19/h11-12H,3-10H2,1-2H3,(H,17,18). The van der Waals surface area contributed by atoms with Gasteiger partial charge in [0.25, 0.3) is 5.56 Å². The number of fused-ring (bicyclic) bond motifs is 1. The van der Waals surface area contributed by atoms with Crippen LogP contribution in [0.15, 0.2) is 15.9 Å². The van der Waals surface area contributed by atoms with Crippen molar-refractivity contribution in [2.24, 2.45) is 0 Å². The van der Waals surface area contributed by atoms with Gasteiger partial charge in [0.05, 0.1) is 12.5 Å². The molecule has 0 amide bonds. The predicted molar refractivity (Wildman–Crippen MR) is 89.7 cm³/mol. The Morgan fingerprint density at radius 2 is 1.96 bits per heavy atom. The maximum atomic E-state index is 13.0. The summed E-state index contributed by atoms with van der Waals surface area (Å²) < 4.78 is 3.06. The number of aromatic amines is 1. The Balaban J connectivity index is 2.20. The van der Waals surface area contributed by atoms with Gasteiger partial charge in [0.2, 0.25) is 0 Å². The lowest BCUT2D eigenvalue weighted by Gasteiger charge is -2.35. The number of aromatic nitrogens is 4. The van der Waals surface area contributed by atoms with Gasteiger partial charge in [0.15, 0.2) is 5.65 Å². The predicted octanol–water partition coefficient (Wildman–Crippen LogP) is 1.69. The number of hydrogen-bond acceptors (Lipinski definition) is 4. The number of nitrogens with zero attached hydrogens (tertiary/aromatic N) is 4. The van der Waals surface area contributed by atoms with Gasteiger partial charge in [0.1, 0.15) is 5.52 Å². The Hall–Kier alpha value is -1.89. The Labute approximate surface area is 134 Å². The summed E-state index contributed by atoms with van der Waals surface area (Å²) in [5.74, 6) is 0. The molecule has 1 fully saturated rings. The fraction of sp³-hybridized carbons (Fsp3) is 0.688. The molecule has 1 aliphatic rings. The second-order valence-electron chi connectivity index (χ2n) is 6.20. The van der Waals surface area contributed by atoms with Crippen LogP contribution in [0.3, 0.4) is 0 Å². The SMILES string of the molecule is CCCn1c(=O)c2[nH]cnc2n(C(CC)N2CCCCC2)c1=O. The molecule has 126 valence electrons. The van der Waals surface area contributed by atoms with E-state index in [1.807, 2.05) is 6.92 Å². The van der Waals surface area contributed by atoms with Crippen molar-refractivity contribution in [3.8, 4) is 0 Å². The van der Waals surface area contributed by atoms with Gasteiger partial charge in [0, 0.05) is 19.6 Å². The number of piperidine rings is 1. The summed E-state index contributed by atoms with van der Waals surface area (Å²) in [7, 11) is 0. The molecule has 1 aliphatic heterocycles. The van der Waals surface area contributed by atoms with Crippen LogP contribution in [0.1, 0.15) is 52.1 Å². The molecule has 7 nitrogen and oxygen atoms in total. The Bertz CT molecular complexity index is 782. The molecule has 7 heteroatoms. The second kappa shape index (κ2) is 6.70. The lowest BCUT2D eigenvalue weighted by molar-refractivity contribution is 0.107. The van der Waals surface area contributed by atoms with Gasteiger partial charge < -0.3 is 4.98 Å². The normalized spacial score (nSPS) is 17.7. The highest BCUT2D eigenvalue weighted by Crippen LogP contribution is 2.22. The highest BCUT2D eigenvalue weighted by atomic mass is 16.2. The summed E-state index contributed by atoms with van der Waals surface area (Å²) in [5, 5.41) is 0. The number of rotatable bonds is 5. The average molecular weight is 319 g/mol. The zero-order valence-corrected chi connectivity index (χ0v) is 13.9.